The van der Waals surface area contributed by atoms with Gasteiger partial charge < -0.3 is 5.11 Å². The lowest BCUT2D eigenvalue weighted by Crippen LogP contribution is -2.10. The van der Waals surface area contributed by atoms with Gasteiger partial charge in [0, 0.05) is 5.56 Å². The second kappa shape index (κ2) is 7.72. The Labute approximate surface area is 149 Å². The zero-order valence-electron chi connectivity index (χ0n) is 13.7. The molecule has 0 atom stereocenters. The van der Waals surface area contributed by atoms with Crippen molar-refractivity contribution in [2.24, 2.45) is 5.10 Å². The molecule has 1 aromatic heterocycles. The highest BCUT2D eigenvalue weighted by atomic mass is 32.1. The van der Waals surface area contributed by atoms with Gasteiger partial charge in [0.05, 0.1) is 17.0 Å². The third kappa shape index (κ3) is 4.30. The first-order valence-electron chi connectivity index (χ1n) is 7.81. The topological polar surface area (TPSA) is 75.8 Å². The van der Waals surface area contributed by atoms with Gasteiger partial charge >= 0.3 is 11.1 Å². The summed E-state index contributed by atoms with van der Waals surface area (Å²) in [7, 11) is 0. The molecule has 0 aliphatic rings. The molecule has 0 unspecified atom stereocenters. The summed E-state index contributed by atoms with van der Waals surface area (Å²) in [5, 5.41) is 14.2. The molecule has 3 aromatic rings. The zero-order chi connectivity index (χ0) is 17.6. The molecule has 0 aliphatic heterocycles. The van der Waals surface area contributed by atoms with Crippen LogP contribution in [0.4, 0.5) is 5.13 Å². The number of nitrogens with zero attached hydrogens (tertiary/aromatic N) is 1. The Kier molecular flexibility index (Phi) is 5.20. The Morgan fingerprint density at radius 1 is 1.12 bits per heavy atom. The lowest BCUT2D eigenvalue weighted by molar-refractivity contribution is -0.341. The Hall–Kier alpha value is -2.99. The van der Waals surface area contributed by atoms with Crippen LogP contribution in [0, 0.1) is 0 Å². The first kappa shape index (κ1) is 16.9. The molecular formula is C19H18N3O2S+. The molecule has 2 aromatic carbocycles. The van der Waals surface area contributed by atoms with Crippen LogP contribution in [0.1, 0.15) is 17.4 Å². The number of hydrogen-bond acceptors (Lipinski definition) is 4. The predicted molar refractivity (Wildman–Crippen MR) is 99.9 cm³/mol. The van der Waals surface area contributed by atoms with Crippen LogP contribution in [-0.4, -0.2) is 16.8 Å². The highest BCUT2D eigenvalue weighted by molar-refractivity contribution is 7.15. The van der Waals surface area contributed by atoms with Gasteiger partial charge in [-0.15, -0.1) is 5.43 Å². The van der Waals surface area contributed by atoms with E-state index in [9.17, 15) is 4.79 Å². The number of rotatable bonds is 6. The second-order valence-corrected chi connectivity index (χ2v) is 6.57. The predicted octanol–water partition coefficient (Wildman–Crippen LogP) is 3.69. The number of benzene rings is 2. The number of carboxylic acid groups (broad SMARTS) is 1. The largest absolute Gasteiger partial charge is 0.481 e. The van der Waals surface area contributed by atoms with Crippen molar-refractivity contribution >= 4 is 28.1 Å². The number of nitrogens with one attached hydrogen (secondary N) is 2. The Bertz CT molecular complexity index is 890. The maximum absolute atomic E-state index is 11.2. The molecule has 0 radical (unpaired) electrons. The van der Waals surface area contributed by atoms with E-state index in [4.69, 9.17) is 5.11 Å². The summed E-state index contributed by atoms with van der Waals surface area (Å²) in [6.07, 6.45) is -0.0333. The molecule has 1 heterocycles. The average Bonchev–Trinajstić information content (AvgIpc) is 3.03. The highest BCUT2D eigenvalue weighted by Crippen LogP contribution is 2.28. The van der Waals surface area contributed by atoms with Crippen LogP contribution < -0.4 is 10.4 Å². The molecule has 25 heavy (non-hydrogen) atoms. The van der Waals surface area contributed by atoms with E-state index < -0.39 is 5.97 Å². The van der Waals surface area contributed by atoms with Crippen LogP contribution in [0.15, 0.2) is 65.8 Å². The van der Waals surface area contributed by atoms with E-state index in [1.165, 1.54) is 11.3 Å². The van der Waals surface area contributed by atoms with E-state index in [2.05, 4.69) is 15.5 Å². The normalized spacial score (nSPS) is 11.3. The minimum Gasteiger partial charge on any atom is -0.481 e. The molecular weight excluding hydrogens is 334 g/mol. The number of hydrazone groups is 1. The number of carboxylic acids is 1. The summed E-state index contributed by atoms with van der Waals surface area (Å²) in [4.78, 5) is 15.2. The molecule has 3 rings (SSSR count). The standard InChI is InChI=1S/C19H17N3O2S/c1-13(14-8-4-2-5-9-14)21-22-19-20-18(15-10-6-3-7-11-15)16(25-19)12-17(23)24/h2-11H,12H2,1H3,(H,20,22)(H,23,24)/p+1. The van der Waals surface area contributed by atoms with Crippen LogP contribution >= 0.6 is 11.3 Å². The number of aromatic nitrogens is 1. The smallest absolute Gasteiger partial charge is 0.357 e. The van der Waals surface area contributed by atoms with Crippen LogP contribution in [0.3, 0.4) is 0 Å². The van der Waals surface area contributed by atoms with Crippen LogP contribution in [-0.2, 0) is 11.2 Å². The molecule has 0 bridgehead atoms. The molecule has 0 saturated heterocycles. The van der Waals surface area contributed by atoms with Gasteiger partial charge in [0.25, 0.3) is 0 Å². The van der Waals surface area contributed by atoms with Crippen LogP contribution in [0.2, 0.25) is 0 Å². The maximum atomic E-state index is 11.2. The Balaban J connectivity index is 1.87. The van der Waals surface area contributed by atoms with Gasteiger partial charge in [0.15, 0.2) is 0 Å². The van der Waals surface area contributed by atoms with Crippen molar-refractivity contribution in [3.63, 3.8) is 0 Å². The van der Waals surface area contributed by atoms with E-state index in [1.54, 1.807) is 0 Å². The summed E-state index contributed by atoms with van der Waals surface area (Å²) in [6, 6.07) is 19.5. The van der Waals surface area contributed by atoms with Gasteiger partial charge in [-0.1, -0.05) is 65.8 Å². The van der Waals surface area contributed by atoms with Crippen molar-refractivity contribution in [2.75, 3.05) is 5.43 Å². The molecule has 0 aliphatic carbocycles. The third-order valence-electron chi connectivity index (χ3n) is 3.63. The third-order valence-corrected chi connectivity index (χ3v) is 4.63. The van der Waals surface area contributed by atoms with Crippen molar-refractivity contribution in [3.05, 3.63) is 71.1 Å². The van der Waals surface area contributed by atoms with Gasteiger partial charge in [-0.2, -0.15) is 0 Å². The molecule has 0 amide bonds. The summed E-state index contributed by atoms with van der Waals surface area (Å²) in [6.45, 7) is 1.92. The fourth-order valence-corrected chi connectivity index (χ4v) is 3.37. The summed E-state index contributed by atoms with van der Waals surface area (Å²) in [5.74, 6) is -0.858. The van der Waals surface area contributed by atoms with E-state index in [0.717, 1.165) is 27.4 Å². The fourth-order valence-electron chi connectivity index (χ4n) is 2.41. The minimum atomic E-state index is -0.858. The zero-order valence-corrected chi connectivity index (χ0v) is 14.5. The quantitative estimate of drug-likeness (QED) is 0.525. The number of carbonyl (C=O) groups is 1. The van der Waals surface area contributed by atoms with Gasteiger partial charge in [-0.05, 0) is 23.8 Å². The van der Waals surface area contributed by atoms with E-state index >= 15 is 0 Å². The van der Waals surface area contributed by atoms with Crippen molar-refractivity contribution < 1.29 is 14.9 Å². The highest BCUT2D eigenvalue weighted by Gasteiger charge is 2.19. The maximum Gasteiger partial charge on any atom is 0.357 e. The lowest BCUT2D eigenvalue weighted by Gasteiger charge is -1.97. The summed E-state index contributed by atoms with van der Waals surface area (Å²) in [5.41, 5.74) is 6.64. The number of hydrogen-bond donors (Lipinski definition) is 2. The van der Waals surface area contributed by atoms with E-state index in [-0.39, 0.29) is 6.42 Å². The Morgan fingerprint density at radius 3 is 2.40 bits per heavy atom. The van der Waals surface area contributed by atoms with Crippen molar-refractivity contribution in [1.82, 2.24) is 0 Å². The molecule has 5 nitrogen and oxygen atoms in total. The average molecular weight is 352 g/mol. The number of aromatic amines is 1. The number of aliphatic carboxylic acids is 1. The summed E-state index contributed by atoms with van der Waals surface area (Å²) < 4.78 is 0. The van der Waals surface area contributed by atoms with Crippen LogP contribution in [0.5, 0.6) is 0 Å². The SMILES string of the molecule is CC(=NNc1[nH+]c(-c2ccccc2)c(CC(=O)O)s1)c1ccccc1. The van der Waals surface area contributed by atoms with Crippen LogP contribution in [0.25, 0.3) is 11.3 Å². The van der Waals surface area contributed by atoms with Crippen molar-refractivity contribution in [2.45, 2.75) is 13.3 Å². The van der Waals surface area contributed by atoms with Crippen molar-refractivity contribution in [3.8, 4) is 11.3 Å². The number of thiazole rings is 1. The van der Waals surface area contributed by atoms with Gasteiger partial charge in [0.2, 0.25) is 0 Å². The molecule has 126 valence electrons. The first-order chi connectivity index (χ1) is 12.1. The second-order valence-electron chi connectivity index (χ2n) is 5.47. The number of anilines is 1. The molecule has 6 heteroatoms. The molecule has 3 N–H and O–H groups in total. The summed E-state index contributed by atoms with van der Waals surface area (Å²) >= 11 is 1.37. The van der Waals surface area contributed by atoms with Gasteiger partial charge in [-0.25, -0.2) is 4.98 Å². The minimum absolute atomic E-state index is 0.0333. The molecule has 0 spiro atoms. The Morgan fingerprint density at radius 2 is 1.76 bits per heavy atom. The number of H-pyrrole nitrogens is 1. The lowest BCUT2D eigenvalue weighted by atomic mass is 10.1. The first-order valence-corrected chi connectivity index (χ1v) is 8.63. The van der Waals surface area contributed by atoms with E-state index in [1.807, 2.05) is 67.6 Å². The fraction of sp³-hybridized carbons (Fsp3) is 0.105. The van der Waals surface area contributed by atoms with Gasteiger partial charge in [0.1, 0.15) is 5.69 Å². The van der Waals surface area contributed by atoms with E-state index in [0.29, 0.717) is 5.13 Å². The molecule has 0 fully saturated rings. The molecule has 0 saturated carbocycles. The van der Waals surface area contributed by atoms with Gasteiger partial charge in [-0.3, -0.25) is 4.79 Å². The monoisotopic (exact) mass is 352 g/mol. The van der Waals surface area contributed by atoms with Crippen molar-refractivity contribution in [1.29, 1.82) is 0 Å².